The average molecular weight is 1370 g/mol. The number of para-hydroxylation sites is 2. The predicted molar refractivity (Wildman–Crippen MR) is 426 cm³/mol. The van der Waals surface area contributed by atoms with Crippen molar-refractivity contribution in [1.29, 1.82) is 0 Å². The lowest BCUT2D eigenvalue weighted by molar-refractivity contribution is 0.332. The number of thiophene rings is 1. The molecule has 1 spiro atoms. The van der Waals surface area contributed by atoms with Crippen LogP contribution in [-0.4, -0.2) is 0 Å². The van der Waals surface area contributed by atoms with Gasteiger partial charge in [-0.2, -0.15) is 0 Å². The minimum Gasteiger partial charge on any atom is -0.454 e. The van der Waals surface area contributed by atoms with E-state index in [-0.39, 0.29) is 37.9 Å². The molecule has 4 nitrogen and oxygen atoms in total. The van der Waals surface area contributed by atoms with E-state index >= 15 is 0 Å². The maximum atomic E-state index is 6.97. The molecule has 12 aromatic rings. The normalized spacial score (nSPS) is 15.7. The minimum atomic E-state index is -0.115. The number of fused-ring (bicyclic) bond motifs is 10. The molecule has 0 unspecified atom stereocenters. The highest BCUT2D eigenvalue weighted by Crippen LogP contribution is 2.60. The molecule has 0 saturated heterocycles. The van der Waals surface area contributed by atoms with E-state index in [9.17, 15) is 0 Å². The van der Waals surface area contributed by atoms with Crippen LogP contribution in [0.3, 0.4) is 0 Å². The summed E-state index contributed by atoms with van der Waals surface area (Å²) in [7, 11) is 0. The zero-order valence-corrected chi connectivity index (χ0v) is 63.2. The van der Waals surface area contributed by atoms with Gasteiger partial charge >= 0.3 is 0 Å². The van der Waals surface area contributed by atoms with E-state index in [1.54, 1.807) is 0 Å². The van der Waals surface area contributed by atoms with E-state index in [4.69, 9.17) is 4.42 Å². The number of furan rings is 1. The Hall–Kier alpha value is -8.16. The van der Waals surface area contributed by atoms with Gasteiger partial charge in [0.25, 0.3) is 0 Å². The van der Waals surface area contributed by atoms with Crippen molar-refractivity contribution in [2.24, 2.45) is 0 Å². The van der Waals surface area contributed by atoms with Crippen LogP contribution in [-0.2, 0) is 37.9 Å². The lowest BCUT2D eigenvalue weighted by Crippen LogP contribution is -2.33. The number of halogens is 1. The van der Waals surface area contributed by atoms with E-state index in [0.29, 0.717) is 0 Å². The van der Waals surface area contributed by atoms with Gasteiger partial charge < -0.3 is 19.1 Å². The van der Waals surface area contributed by atoms with Crippen molar-refractivity contribution in [3.63, 3.8) is 0 Å². The van der Waals surface area contributed by atoms with Crippen LogP contribution in [0.2, 0.25) is 0 Å². The fraction of sp³-hybridized carbons (Fsp3) is 0.326. The summed E-state index contributed by atoms with van der Waals surface area (Å²) in [4.78, 5) is 7.63. The molecule has 0 N–H and O–H groups in total. The van der Waals surface area contributed by atoms with Crippen molar-refractivity contribution >= 4 is 110 Å². The largest absolute Gasteiger partial charge is 0.454 e. The topological polar surface area (TPSA) is 22.9 Å². The van der Waals surface area contributed by atoms with Gasteiger partial charge in [-0.05, 0) is 245 Å². The van der Waals surface area contributed by atoms with E-state index in [0.717, 1.165) is 103 Å². The molecule has 0 radical (unpaired) electrons. The molecule has 498 valence electrons. The van der Waals surface area contributed by atoms with Crippen molar-refractivity contribution in [3.05, 3.63) is 254 Å². The van der Waals surface area contributed by atoms with Crippen molar-refractivity contribution in [2.45, 2.75) is 194 Å². The second-order valence-corrected chi connectivity index (χ2v) is 36.1. The molecule has 0 aliphatic heterocycles. The van der Waals surface area contributed by atoms with Gasteiger partial charge in [-0.25, -0.2) is 0 Å². The second kappa shape index (κ2) is 23.5. The highest BCUT2D eigenvalue weighted by atomic mass is 79.9. The first kappa shape index (κ1) is 65.8. The Bertz CT molecular complexity index is 5100. The Balaban J connectivity index is 1.01. The van der Waals surface area contributed by atoms with Crippen LogP contribution in [0.5, 0.6) is 0 Å². The van der Waals surface area contributed by atoms with Gasteiger partial charge in [0.2, 0.25) is 0 Å². The monoisotopic (exact) mass is 1370 g/mol. The minimum absolute atomic E-state index is 0.0105. The summed E-state index contributed by atoms with van der Waals surface area (Å²) < 4.78 is 9.27. The van der Waals surface area contributed by atoms with E-state index in [2.05, 4.69) is 348 Å². The molecule has 3 aliphatic carbocycles. The highest BCUT2D eigenvalue weighted by molar-refractivity contribution is 9.10. The van der Waals surface area contributed by atoms with Gasteiger partial charge in [0, 0.05) is 70.1 Å². The first-order valence-corrected chi connectivity index (χ1v) is 37.5. The molecule has 2 heterocycles. The van der Waals surface area contributed by atoms with Gasteiger partial charge in [-0.3, -0.25) is 0 Å². The SMILES string of the molecule is Cc1cc(N(c2ccc3c(c2)C2(CCCC2)c2ccccc2-3)c2cc(N(c3ccc(C(C)(C)C)cc3)c3cccc4c3oc3ccccc34)ccc2Br)cc(N(c2ccc(C(C)(C)C)cc2-c2cc(C(C)(C)C)cc(C(C)(C)C)c2)c2csc3cc4c(cc23)C(C)(C)CCC4(C)C)c1. The third-order valence-corrected chi connectivity index (χ3v) is 24.0. The molecule has 6 heteroatoms. The van der Waals surface area contributed by atoms with Crippen molar-refractivity contribution in [2.75, 3.05) is 14.7 Å². The third-order valence-electron chi connectivity index (χ3n) is 22.4. The van der Waals surface area contributed by atoms with Crippen molar-refractivity contribution in [3.8, 4) is 22.3 Å². The fourth-order valence-corrected chi connectivity index (χ4v) is 17.9. The average Bonchev–Trinajstić information content (AvgIpc) is 1.53. The number of hydrogen-bond donors (Lipinski definition) is 0. The maximum Gasteiger partial charge on any atom is 0.159 e. The molecule has 1 saturated carbocycles. The van der Waals surface area contributed by atoms with Crippen LogP contribution < -0.4 is 14.7 Å². The molecule has 0 bridgehead atoms. The molecular formula is C92H96BrN3OS. The lowest BCUT2D eigenvalue weighted by Gasteiger charge is -2.42. The summed E-state index contributed by atoms with van der Waals surface area (Å²) >= 11 is 6.23. The number of rotatable bonds is 10. The van der Waals surface area contributed by atoms with Gasteiger partial charge in [-0.1, -0.05) is 221 Å². The molecule has 15 rings (SSSR count). The van der Waals surface area contributed by atoms with Gasteiger partial charge in [-0.15, -0.1) is 11.3 Å². The summed E-state index contributed by atoms with van der Waals surface area (Å²) in [5, 5.41) is 5.94. The number of benzene rings is 10. The molecular weight excluding hydrogens is 1280 g/mol. The lowest BCUT2D eigenvalue weighted by atomic mass is 9.63. The summed E-state index contributed by atoms with van der Waals surface area (Å²) in [6.07, 6.45) is 7.00. The summed E-state index contributed by atoms with van der Waals surface area (Å²) in [5.74, 6) is 0. The number of hydrogen-bond acceptors (Lipinski definition) is 5. The van der Waals surface area contributed by atoms with Crippen LogP contribution in [0.15, 0.2) is 208 Å². The molecule has 2 aromatic heterocycles. The summed E-state index contributed by atoms with van der Waals surface area (Å²) in [6.45, 7) is 40.3. The second-order valence-electron chi connectivity index (χ2n) is 34.3. The van der Waals surface area contributed by atoms with Gasteiger partial charge in [0.05, 0.1) is 22.7 Å². The number of aryl methyl sites for hydroxylation is 1. The van der Waals surface area contributed by atoms with E-state index in [1.165, 1.54) is 95.4 Å². The first-order chi connectivity index (χ1) is 46.4. The molecule has 10 aromatic carbocycles. The standard InChI is InChI=1S/C92H96BrN3OS/c1-57-45-66(51-67(46-57)96(82-56-98-84-55-77-76(54-73(82)84)90(14,15)43-44-91(77,16)17)79-40-33-60(87(5,6)7)50-72(79)58-47-61(88(8,9)10)49-62(48-58)89(11,12)13)95(64-36-38-69-68-25-18-20-28-74(68)92(75(69)52-64)41-22-23-42-92)81-53-65(37-39-78(81)93)94(63-34-31-59(32-35-63)86(2,3)4)80-29-24-27-71-70-26-19-21-30-83(70)97-85(71)80/h18-21,24-40,45-56H,22-23,41-44H2,1-17H3. The first-order valence-electron chi connectivity index (χ1n) is 35.8. The van der Waals surface area contributed by atoms with Crippen LogP contribution in [0.25, 0.3) is 54.3 Å². The van der Waals surface area contributed by atoms with Crippen molar-refractivity contribution < 1.29 is 4.42 Å². The van der Waals surface area contributed by atoms with E-state index < -0.39 is 0 Å². The van der Waals surface area contributed by atoms with Crippen LogP contribution in [0.1, 0.15) is 199 Å². The molecule has 3 aliphatic rings. The van der Waals surface area contributed by atoms with E-state index in [1.807, 2.05) is 11.3 Å². The Kier molecular flexibility index (Phi) is 15.8. The maximum absolute atomic E-state index is 6.97. The Morgan fingerprint density at radius 1 is 0.388 bits per heavy atom. The Morgan fingerprint density at radius 2 is 0.959 bits per heavy atom. The fourth-order valence-electron chi connectivity index (χ4n) is 16.5. The van der Waals surface area contributed by atoms with Crippen LogP contribution in [0.4, 0.5) is 51.2 Å². The number of nitrogens with zero attached hydrogens (tertiary/aromatic N) is 3. The third kappa shape index (κ3) is 11.3. The predicted octanol–water partition coefficient (Wildman–Crippen LogP) is 28.3. The Morgan fingerprint density at radius 3 is 1.64 bits per heavy atom. The number of anilines is 9. The zero-order valence-electron chi connectivity index (χ0n) is 60.8. The molecule has 1 fully saturated rings. The van der Waals surface area contributed by atoms with Gasteiger partial charge in [0.15, 0.2) is 5.58 Å². The smallest absolute Gasteiger partial charge is 0.159 e. The highest BCUT2D eigenvalue weighted by Gasteiger charge is 2.46. The van der Waals surface area contributed by atoms with Crippen LogP contribution >= 0.6 is 27.3 Å². The van der Waals surface area contributed by atoms with Crippen LogP contribution in [0, 0.1) is 6.92 Å². The zero-order chi connectivity index (χ0) is 69.0. The summed E-state index contributed by atoms with van der Waals surface area (Å²) in [5.41, 5.74) is 28.6. The molecule has 0 atom stereocenters. The molecule has 0 amide bonds. The quantitative estimate of drug-likeness (QED) is 0.136. The van der Waals surface area contributed by atoms with Gasteiger partial charge in [0.1, 0.15) is 5.58 Å². The Labute approximate surface area is 595 Å². The summed E-state index contributed by atoms with van der Waals surface area (Å²) in [6, 6.07) is 75.3. The molecule has 98 heavy (non-hydrogen) atoms. The van der Waals surface area contributed by atoms with Crippen molar-refractivity contribution in [1.82, 2.24) is 0 Å².